The van der Waals surface area contributed by atoms with E-state index in [1.54, 1.807) is 0 Å². The van der Waals surface area contributed by atoms with Crippen LogP contribution in [0, 0.1) is 10.5 Å². The van der Waals surface area contributed by atoms with Gasteiger partial charge in [-0.1, -0.05) is 19.1 Å². The zero-order valence-corrected chi connectivity index (χ0v) is 15.7. The Hall–Kier alpha value is -0.400. The lowest BCUT2D eigenvalue weighted by Gasteiger charge is -2.19. The normalized spacial score (nSPS) is 12.7. The third-order valence-electron chi connectivity index (χ3n) is 3.38. The Morgan fingerprint density at radius 3 is 2.50 bits per heavy atom. The van der Waals surface area contributed by atoms with Gasteiger partial charge >= 0.3 is 0 Å². The monoisotopic (exact) mass is 447 g/mol. The summed E-state index contributed by atoms with van der Waals surface area (Å²) in [6.45, 7) is 5.12. The molecule has 1 aromatic heterocycles. The zero-order chi connectivity index (χ0) is 14.7. The molecule has 0 amide bonds. The molecule has 0 aliphatic rings. The maximum absolute atomic E-state index is 4.47. The molecule has 108 valence electrons. The van der Waals surface area contributed by atoms with Gasteiger partial charge in [-0.25, -0.2) is 0 Å². The van der Waals surface area contributed by atoms with E-state index < -0.39 is 0 Å². The third-order valence-corrected chi connectivity index (χ3v) is 5.13. The minimum Gasteiger partial charge on any atom is -0.310 e. The lowest BCUT2D eigenvalue weighted by Crippen LogP contribution is -2.24. The summed E-state index contributed by atoms with van der Waals surface area (Å²) < 4.78 is 4.35. The number of likely N-dealkylation sites (N-methyl/N-ethyl adjacent to an activating group) is 1. The highest BCUT2D eigenvalue weighted by Crippen LogP contribution is 2.26. The van der Waals surface area contributed by atoms with Crippen molar-refractivity contribution < 1.29 is 0 Å². The van der Waals surface area contributed by atoms with Crippen LogP contribution in [-0.4, -0.2) is 16.3 Å². The molecule has 2 aromatic rings. The van der Waals surface area contributed by atoms with Crippen LogP contribution >= 0.6 is 38.5 Å². The fourth-order valence-corrected chi connectivity index (χ4v) is 3.20. The number of aryl methyl sites for hydroxylation is 2. The van der Waals surface area contributed by atoms with Gasteiger partial charge in [-0.3, -0.25) is 4.68 Å². The number of hydrogen-bond donors (Lipinski definition) is 1. The van der Waals surface area contributed by atoms with Gasteiger partial charge < -0.3 is 5.32 Å². The second kappa shape index (κ2) is 7.04. The van der Waals surface area contributed by atoms with Crippen molar-refractivity contribution in [2.24, 2.45) is 7.05 Å². The minimum atomic E-state index is 0.308. The van der Waals surface area contributed by atoms with Gasteiger partial charge in [-0.05, 0) is 69.7 Å². The molecule has 1 N–H and O–H groups in total. The van der Waals surface area contributed by atoms with E-state index in [1.807, 2.05) is 18.7 Å². The Morgan fingerprint density at radius 2 is 2.00 bits per heavy atom. The molecule has 0 radical (unpaired) electrons. The fraction of sp³-hybridized carbons (Fsp3) is 0.400. The maximum Gasteiger partial charge on any atom is 0.0738 e. The van der Waals surface area contributed by atoms with Crippen LogP contribution in [0.1, 0.15) is 29.9 Å². The number of hydrogen-bond acceptors (Lipinski definition) is 2. The smallest absolute Gasteiger partial charge is 0.0738 e. The summed E-state index contributed by atoms with van der Waals surface area (Å²) in [4.78, 5) is 0. The number of aromatic nitrogens is 2. The molecule has 1 aromatic carbocycles. The molecule has 3 nitrogen and oxygen atoms in total. The fourth-order valence-electron chi connectivity index (χ4n) is 2.34. The van der Waals surface area contributed by atoms with E-state index in [1.165, 1.54) is 14.8 Å². The van der Waals surface area contributed by atoms with Gasteiger partial charge in [0.1, 0.15) is 0 Å². The SMILES string of the molecule is CCNC(Cc1c(Br)c(C)nn1C)c1ccc(I)cc1. The number of nitrogens with zero attached hydrogens (tertiary/aromatic N) is 2. The predicted octanol–water partition coefficient (Wildman–Crippen LogP) is 3.99. The number of nitrogens with one attached hydrogen (secondary N) is 1. The van der Waals surface area contributed by atoms with Crippen LogP contribution < -0.4 is 5.32 Å². The summed E-state index contributed by atoms with van der Waals surface area (Å²) in [6.07, 6.45) is 0.923. The molecule has 0 aliphatic carbocycles. The highest BCUT2D eigenvalue weighted by atomic mass is 127. The number of benzene rings is 1. The van der Waals surface area contributed by atoms with Crippen LogP contribution in [-0.2, 0) is 13.5 Å². The van der Waals surface area contributed by atoms with Crippen molar-refractivity contribution in [3.63, 3.8) is 0 Å². The third kappa shape index (κ3) is 3.62. The van der Waals surface area contributed by atoms with Gasteiger partial charge in [0.05, 0.1) is 15.9 Å². The Labute approximate surface area is 142 Å². The van der Waals surface area contributed by atoms with E-state index in [4.69, 9.17) is 0 Å². The highest BCUT2D eigenvalue weighted by molar-refractivity contribution is 14.1. The molecule has 0 saturated carbocycles. The minimum absolute atomic E-state index is 0.308. The van der Waals surface area contributed by atoms with Crippen LogP contribution in [0.2, 0.25) is 0 Å². The van der Waals surface area contributed by atoms with E-state index in [-0.39, 0.29) is 0 Å². The van der Waals surface area contributed by atoms with Crippen molar-refractivity contribution >= 4 is 38.5 Å². The molecule has 0 spiro atoms. The molecule has 1 unspecified atom stereocenters. The Kier molecular flexibility index (Phi) is 5.63. The lowest BCUT2D eigenvalue weighted by molar-refractivity contribution is 0.528. The highest BCUT2D eigenvalue weighted by Gasteiger charge is 2.17. The van der Waals surface area contributed by atoms with Crippen molar-refractivity contribution in [3.8, 4) is 0 Å². The van der Waals surface area contributed by atoms with Gasteiger partial charge in [0.15, 0.2) is 0 Å². The van der Waals surface area contributed by atoms with Gasteiger partial charge in [0.25, 0.3) is 0 Å². The first-order valence-electron chi connectivity index (χ1n) is 6.69. The first kappa shape index (κ1) is 16.0. The van der Waals surface area contributed by atoms with Gasteiger partial charge in [0, 0.05) is 23.1 Å². The van der Waals surface area contributed by atoms with Crippen LogP contribution in [0.4, 0.5) is 0 Å². The average Bonchev–Trinajstić information content (AvgIpc) is 2.65. The number of rotatable bonds is 5. The molecule has 5 heteroatoms. The van der Waals surface area contributed by atoms with E-state index >= 15 is 0 Å². The molecule has 0 aliphatic heterocycles. The van der Waals surface area contributed by atoms with E-state index in [0.29, 0.717) is 6.04 Å². The summed E-state index contributed by atoms with van der Waals surface area (Å²) in [5, 5.41) is 8.04. The summed E-state index contributed by atoms with van der Waals surface area (Å²) in [5.41, 5.74) is 3.59. The second-order valence-corrected chi connectivity index (χ2v) is 6.87. The van der Waals surface area contributed by atoms with Crippen molar-refractivity contribution in [1.82, 2.24) is 15.1 Å². The quantitative estimate of drug-likeness (QED) is 0.702. The molecule has 20 heavy (non-hydrogen) atoms. The van der Waals surface area contributed by atoms with Crippen molar-refractivity contribution in [3.05, 3.63) is 49.3 Å². The molecular formula is C15H19BrIN3. The first-order chi connectivity index (χ1) is 9.52. The Balaban J connectivity index is 2.27. The topological polar surface area (TPSA) is 29.9 Å². The summed E-state index contributed by atoms with van der Waals surface area (Å²) in [6, 6.07) is 9.02. The predicted molar refractivity (Wildman–Crippen MR) is 94.9 cm³/mol. The molecular weight excluding hydrogens is 429 g/mol. The lowest BCUT2D eigenvalue weighted by atomic mass is 10.0. The zero-order valence-electron chi connectivity index (χ0n) is 12.0. The van der Waals surface area contributed by atoms with Crippen molar-refractivity contribution in [2.45, 2.75) is 26.3 Å². The van der Waals surface area contributed by atoms with Gasteiger partial charge in [-0.15, -0.1) is 0 Å². The summed E-state index contributed by atoms with van der Waals surface area (Å²) in [5.74, 6) is 0. The summed E-state index contributed by atoms with van der Waals surface area (Å²) >= 11 is 5.99. The van der Waals surface area contributed by atoms with E-state index in [9.17, 15) is 0 Å². The molecule has 0 fully saturated rings. The molecule has 1 heterocycles. The number of halogens is 2. The average molecular weight is 448 g/mol. The maximum atomic E-state index is 4.47. The van der Waals surface area contributed by atoms with Crippen LogP contribution in [0.3, 0.4) is 0 Å². The molecule has 1 atom stereocenters. The standard InChI is InChI=1S/C15H19BrIN3/c1-4-18-13(11-5-7-12(17)8-6-11)9-14-15(16)10(2)19-20(14)3/h5-8,13,18H,4,9H2,1-3H3. The van der Waals surface area contributed by atoms with Crippen molar-refractivity contribution in [2.75, 3.05) is 6.54 Å². The van der Waals surface area contributed by atoms with Gasteiger partial charge in [-0.2, -0.15) is 5.10 Å². The van der Waals surface area contributed by atoms with E-state index in [0.717, 1.165) is 23.1 Å². The van der Waals surface area contributed by atoms with E-state index in [2.05, 4.69) is 80.1 Å². The van der Waals surface area contributed by atoms with Crippen LogP contribution in [0.15, 0.2) is 28.7 Å². The first-order valence-corrected chi connectivity index (χ1v) is 8.57. The van der Waals surface area contributed by atoms with Crippen molar-refractivity contribution in [1.29, 1.82) is 0 Å². The van der Waals surface area contributed by atoms with Gasteiger partial charge in [0.2, 0.25) is 0 Å². The van der Waals surface area contributed by atoms with Crippen LogP contribution in [0.5, 0.6) is 0 Å². The molecule has 0 saturated heterocycles. The van der Waals surface area contributed by atoms with Crippen LogP contribution in [0.25, 0.3) is 0 Å². The molecule has 0 bridgehead atoms. The largest absolute Gasteiger partial charge is 0.310 e. The molecule has 2 rings (SSSR count). The summed E-state index contributed by atoms with van der Waals surface area (Å²) in [7, 11) is 2.00. The Morgan fingerprint density at radius 1 is 1.35 bits per heavy atom. The second-order valence-electron chi connectivity index (χ2n) is 4.84. The Bertz CT molecular complexity index is 578.